The largest absolute Gasteiger partial charge is 0.496 e. The van der Waals surface area contributed by atoms with Crippen LogP contribution in [0, 0.1) is 0 Å². The number of nitrogens with zero attached hydrogens (tertiary/aromatic N) is 2. The van der Waals surface area contributed by atoms with Crippen molar-refractivity contribution >= 4 is 11.8 Å². The van der Waals surface area contributed by atoms with Gasteiger partial charge in [-0.3, -0.25) is 9.59 Å². The second-order valence-corrected chi connectivity index (χ2v) is 4.88. The zero-order valence-corrected chi connectivity index (χ0v) is 12.0. The molecule has 1 saturated heterocycles. The lowest BCUT2D eigenvalue weighted by molar-refractivity contribution is -0.138. The molecule has 0 aliphatic carbocycles. The fourth-order valence-corrected chi connectivity index (χ4v) is 2.39. The van der Waals surface area contributed by atoms with Crippen LogP contribution in [0.3, 0.4) is 0 Å². The molecule has 1 fully saturated rings. The second-order valence-electron chi connectivity index (χ2n) is 4.88. The Morgan fingerprint density at radius 1 is 1.10 bits per heavy atom. The number of methoxy groups -OCH3 is 1. The molecule has 0 spiro atoms. The zero-order chi connectivity index (χ0) is 14.5. The van der Waals surface area contributed by atoms with Crippen molar-refractivity contribution in [3.05, 3.63) is 29.8 Å². The van der Waals surface area contributed by atoms with Gasteiger partial charge in [0, 0.05) is 38.7 Å². The Bertz CT molecular complexity index is 494. The first-order valence-electron chi connectivity index (χ1n) is 6.77. The van der Waals surface area contributed by atoms with Gasteiger partial charge in [0.05, 0.1) is 13.5 Å². The minimum absolute atomic E-state index is 0.0711. The lowest BCUT2D eigenvalue weighted by atomic mass is 10.1. The van der Waals surface area contributed by atoms with Gasteiger partial charge < -0.3 is 14.5 Å². The summed E-state index contributed by atoms with van der Waals surface area (Å²) in [5.74, 6) is 0.891. The molecule has 0 aromatic heterocycles. The van der Waals surface area contributed by atoms with Crippen molar-refractivity contribution < 1.29 is 14.3 Å². The number of ether oxygens (including phenoxy) is 1. The van der Waals surface area contributed by atoms with Gasteiger partial charge in [-0.1, -0.05) is 18.2 Å². The molecule has 0 unspecified atom stereocenters. The first-order chi connectivity index (χ1) is 9.61. The highest BCUT2D eigenvalue weighted by Gasteiger charge is 2.22. The van der Waals surface area contributed by atoms with Crippen molar-refractivity contribution in [3.8, 4) is 5.75 Å². The van der Waals surface area contributed by atoms with Crippen molar-refractivity contribution in [1.29, 1.82) is 0 Å². The zero-order valence-electron chi connectivity index (χ0n) is 12.0. The number of amides is 2. The number of piperazine rings is 1. The highest BCUT2D eigenvalue weighted by atomic mass is 16.5. The lowest BCUT2D eigenvalue weighted by Crippen LogP contribution is -2.50. The Morgan fingerprint density at radius 2 is 1.70 bits per heavy atom. The maximum Gasteiger partial charge on any atom is 0.227 e. The molecule has 1 aliphatic rings. The molecule has 2 rings (SSSR count). The van der Waals surface area contributed by atoms with E-state index < -0.39 is 0 Å². The van der Waals surface area contributed by atoms with Crippen molar-refractivity contribution in [3.63, 3.8) is 0 Å². The molecule has 2 amide bonds. The van der Waals surface area contributed by atoms with Gasteiger partial charge in [0.2, 0.25) is 11.8 Å². The summed E-state index contributed by atoms with van der Waals surface area (Å²) in [5.41, 5.74) is 0.897. The first kappa shape index (κ1) is 14.4. The van der Waals surface area contributed by atoms with E-state index in [2.05, 4.69) is 0 Å². The topological polar surface area (TPSA) is 49.9 Å². The Balaban J connectivity index is 1.94. The normalized spacial score (nSPS) is 15.1. The highest BCUT2D eigenvalue weighted by Crippen LogP contribution is 2.18. The smallest absolute Gasteiger partial charge is 0.227 e. The molecule has 5 heteroatoms. The van der Waals surface area contributed by atoms with Crippen molar-refractivity contribution in [2.24, 2.45) is 0 Å². The third-order valence-corrected chi connectivity index (χ3v) is 3.61. The quantitative estimate of drug-likeness (QED) is 0.825. The Hall–Kier alpha value is -2.04. The van der Waals surface area contributed by atoms with E-state index in [1.54, 1.807) is 18.9 Å². The van der Waals surface area contributed by atoms with E-state index in [1.807, 2.05) is 29.2 Å². The van der Waals surface area contributed by atoms with E-state index in [-0.39, 0.29) is 11.8 Å². The molecule has 1 aliphatic heterocycles. The number of carbonyl (C=O) groups excluding carboxylic acids is 2. The van der Waals surface area contributed by atoms with Crippen LogP contribution in [-0.2, 0) is 16.0 Å². The van der Waals surface area contributed by atoms with Crippen LogP contribution in [-0.4, -0.2) is 54.9 Å². The summed E-state index contributed by atoms with van der Waals surface area (Å²) in [6.07, 6.45) is 0.337. The minimum atomic E-state index is 0.0711. The molecule has 0 N–H and O–H groups in total. The second kappa shape index (κ2) is 6.41. The number of para-hydroxylation sites is 1. The van der Waals surface area contributed by atoms with Crippen LogP contribution in [0.4, 0.5) is 0 Å². The predicted molar refractivity (Wildman–Crippen MR) is 75.5 cm³/mol. The van der Waals surface area contributed by atoms with Gasteiger partial charge in [-0.25, -0.2) is 0 Å². The monoisotopic (exact) mass is 276 g/mol. The molecule has 1 aromatic carbocycles. The third-order valence-electron chi connectivity index (χ3n) is 3.61. The van der Waals surface area contributed by atoms with Crippen LogP contribution < -0.4 is 4.74 Å². The average molecular weight is 276 g/mol. The van der Waals surface area contributed by atoms with Gasteiger partial charge in [0.1, 0.15) is 5.75 Å². The Morgan fingerprint density at radius 3 is 2.30 bits per heavy atom. The van der Waals surface area contributed by atoms with E-state index in [0.29, 0.717) is 32.6 Å². The first-order valence-corrected chi connectivity index (χ1v) is 6.77. The number of hydrogen-bond acceptors (Lipinski definition) is 3. The fourth-order valence-electron chi connectivity index (χ4n) is 2.39. The summed E-state index contributed by atoms with van der Waals surface area (Å²) >= 11 is 0. The summed E-state index contributed by atoms with van der Waals surface area (Å²) in [5, 5.41) is 0. The molecule has 108 valence electrons. The lowest BCUT2D eigenvalue weighted by Gasteiger charge is -2.34. The number of carbonyl (C=O) groups is 2. The highest BCUT2D eigenvalue weighted by molar-refractivity contribution is 5.80. The molecule has 0 radical (unpaired) electrons. The maximum absolute atomic E-state index is 12.3. The van der Waals surface area contributed by atoms with Crippen molar-refractivity contribution in [2.75, 3.05) is 33.3 Å². The summed E-state index contributed by atoms with van der Waals surface area (Å²) in [6.45, 7) is 4.01. The molecule has 5 nitrogen and oxygen atoms in total. The van der Waals surface area contributed by atoms with Crippen LogP contribution in [0.15, 0.2) is 24.3 Å². The number of benzene rings is 1. The van der Waals surface area contributed by atoms with Gasteiger partial charge in [0.25, 0.3) is 0 Å². The summed E-state index contributed by atoms with van der Waals surface area (Å²) < 4.78 is 5.26. The number of hydrogen-bond donors (Lipinski definition) is 0. The molecule has 1 aromatic rings. The SMILES string of the molecule is COc1ccccc1CC(=O)N1CCN(C(C)=O)CC1. The Kier molecular flexibility index (Phi) is 4.61. The van der Waals surface area contributed by atoms with Crippen molar-refractivity contribution in [1.82, 2.24) is 9.80 Å². The van der Waals surface area contributed by atoms with E-state index >= 15 is 0 Å². The third kappa shape index (κ3) is 3.29. The van der Waals surface area contributed by atoms with E-state index in [0.717, 1.165) is 11.3 Å². The van der Waals surface area contributed by atoms with Crippen LogP contribution in [0.25, 0.3) is 0 Å². The molecule has 0 atom stereocenters. The maximum atomic E-state index is 12.3. The van der Waals surface area contributed by atoms with Gasteiger partial charge in [-0.15, -0.1) is 0 Å². The van der Waals surface area contributed by atoms with Crippen LogP contribution in [0.2, 0.25) is 0 Å². The summed E-state index contributed by atoms with van der Waals surface area (Å²) in [6, 6.07) is 7.55. The van der Waals surface area contributed by atoms with Gasteiger partial charge in [0.15, 0.2) is 0 Å². The summed E-state index contributed by atoms with van der Waals surface area (Å²) in [4.78, 5) is 27.1. The molecule has 20 heavy (non-hydrogen) atoms. The Labute approximate surface area is 119 Å². The van der Waals surface area contributed by atoms with Crippen LogP contribution in [0.1, 0.15) is 12.5 Å². The predicted octanol–water partition coefficient (Wildman–Crippen LogP) is 0.928. The molecular formula is C15H20N2O3. The minimum Gasteiger partial charge on any atom is -0.496 e. The molecule has 0 saturated carbocycles. The fraction of sp³-hybridized carbons (Fsp3) is 0.467. The van der Waals surface area contributed by atoms with Gasteiger partial charge in [-0.2, -0.15) is 0 Å². The van der Waals surface area contributed by atoms with Gasteiger partial charge >= 0.3 is 0 Å². The van der Waals surface area contributed by atoms with Gasteiger partial charge in [-0.05, 0) is 6.07 Å². The van der Waals surface area contributed by atoms with E-state index in [4.69, 9.17) is 4.74 Å². The van der Waals surface area contributed by atoms with E-state index in [1.165, 1.54) is 0 Å². The standard InChI is InChI=1S/C15H20N2O3/c1-12(18)16-7-9-17(10-8-16)15(19)11-13-5-3-4-6-14(13)20-2/h3-6H,7-11H2,1-2H3. The molecule has 1 heterocycles. The summed E-state index contributed by atoms with van der Waals surface area (Å²) in [7, 11) is 1.61. The van der Waals surface area contributed by atoms with Crippen LogP contribution in [0.5, 0.6) is 5.75 Å². The molecular weight excluding hydrogens is 256 g/mol. The molecule has 0 bridgehead atoms. The number of rotatable bonds is 3. The van der Waals surface area contributed by atoms with Crippen molar-refractivity contribution in [2.45, 2.75) is 13.3 Å². The average Bonchev–Trinajstić information content (AvgIpc) is 2.48. The van der Waals surface area contributed by atoms with E-state index in [9.17, 15) is 9.59 Å². The van der Waals surface area contributed by atoms with Crippen LogP contribution >= 0.6 is 0 Å².